The Hall–Kier alpha value is -1.18. The molecule has 7 heteroatoms. The lowest BCUT2D eigenvalue weighted by molar-refractivity contribution is 0.458. The minimum Gasteiger partial charge on any atom is -0.438 e. The number of rotatable bonds is 3. The van der Waals surface area contributed by atoms with Gasteiger partial charge in [-0.3, -0.25) is 5.43 Å². The zero-order valence-corrected chi connectivity index (χ0v) is 12.6. The minimum atomic E-state index is 0.294. The van der Waals surface area contributed by atoms with Gasteiger partial charge in [0.2, 0.25) is 11.8 Å². The van der Waals surface area contributed by atoms with Crippen molar-refractivity contribution in [1.82, 2.24) is 9.97 Å². The van der Waals surface area contributed by atoms with Crippen molar-refractivity contribution in [3.8, 4) is 11.6 Å². The molecular weight excluding hydrogens is 364 g/mol. The molecule has 0 aliphatic carbocycles. The molecule has 1 aromatic heterocycles. The van der Waals surface area contributed by atoms with Gasteiger partial charge >= 0.3 is 0 Å². The van der Waals surface area contributed by atoms with Crippen LogP contribution in [0.1, 0.15) is 5.56 Å². The van der Waals surface area contributed by atoms with Crippen molar-refractivity contribution in [3.63, 3.8) is 0 Å². The van der Waals surface area contributed by atoms with E-state index in [2.05, 4.69) is 47.3 Å². The monoisotopic (exact) mass is 372 g/mol. The molecule has 0 atom stereocenters. The molecule has 94 valence electrons. The average molecular weight is 374 g/mol. The SMILES string of the molecule is Cc1cc(Oc2nc(NN)ncc2Br)ccc1Br. The van der Waals surface area contributed by atoms with E-state index in [1.165, 1.54) is 0 Å². The number of nitrogens with two attached hydrogens (primary N) is 1. The Labute approximate surface area is 121 Å². The molecule has 0 aliphatic rings. The van der Waals surface area contributed by atoms with Crippen LogP contribution in [-0.4, -0.2) is 9.97 Å². The molecule has 5 nitrogen and oxygen atoms in total. The number of aromatic nitrogens is 2. The van der Waals surface area contributed by atoms with Gasteiger partial charge in [0.05, 0.1) is 10.7 Å². The number of hydrogen-bond donors (Lipinski definition) is 2. The number of nitrogens with zero attached hydrogens (tertiary/aromatic N) is 2. The summed E-state index contributed by atoms with van der Waals surface area (Å²) in [7, 11) is 0. The van der Waals surface area contributed by atoms with Crippen molar-refractivity contribution in [2.24, 2.45) is 5.84 Å². The number of nitrogens with one attached hydrogen (secondary N) is 1. The van der Waals surface area contributed by atoms with Crippen molar-refractivity contribution in [3.05, 3.63) is 38.9 Å². The third-order valence-electron chi connectivity index (χ3n) is 2.18. The summed E-state index contributed by atoms with van der Waals surface area (Å²) in [6, 6.07) is 5.68. The molecule has 0 amide bonds. The van der Waals surface area contributed by atoms with Crippen LogP contribution in [0, 0.1) is 6.92 Å². The second-order valence-electron chi connectivity index (χ2n) is 3.50. The van der Waals surface area contributed by atoms with E-state index < -0.39 is 0 Å². The second kappa shape index (κ2) is 5.64. The summed E-state index contributed by atoms with van der Waals surface area (Å²) in [5.74, 6) is 6.64. The predicted molar refractivity (Wildman–Crippen MR) is 76.5 cm³/mol. The molecule has 2 rings (SSSR count). The zero-order chi connectivity index (χ0) is 13.1. The fraction of sp³-hybridized carbons (Fsp3) is 0.0909. The summed E-state index contributed by atoms with van der Waals surface area (Å²) in [5, 5.41) is 0. The van der Waals surface area contributed by atoms with Crippen LogP contribution >= 0.6 is 31.9 Å². The third-order valence-corrected chi connectivity index (χ3v) is 3.62. The van der Waals surface area contributed by atoms with Crippen LogP contribution in [0.2, 0.25) is 0 Å². The van der Waals surface area contributed by atoms with Crippen LogP contribution in [0.5, 0.6) is 11.6 Å². The lowest BCUT2D eigenvalue weighted by Crippen LogP contribution is -2.10. The molecule has 0 fully saturated rings. The summed E-state index contributed by atoms with van der Waals surface area (Å²) >= 11 is 6.76. The van der Waals surface area contributed by atoms with Crippen LogP contribution < -0.4 is 16.0 Å². The van der Waals surface area contributed by atoms with E-state index in [0.29, 0.717) is 22.1 Å². The first-order valence-corrected chi connectivity index (χ1v) is 6.62. The van der Waals surface area contributed by atoms with E-state index >= 15 is 0 Å². The Kier molecular flexibility index (Phi) is 4.15. The molecule has 3 N–H and O–H groups in total. The van der Waals surface area contributed by atoms with E-state index in [0.717, 1.165) is 10.0 Å². The van der Waals surface area contributed by atoms with Crippen LogP contribution in [-0.2, 0) is 0 Å². The highest BCUT2D eigenvalue weighted by molar-refractivity contribution is 9.10. The Bertz CT molecular complexity index is 577. The molecule has 1 heterocycles. The third kappa shape index (κ3) is 2.98. The highest BCUT2D eigenvalue weighted by Gasteiger charge is 2.07. The standard InChI is InChI=1S/C11H10Br2N4O/c1-6-4-7(2-3-8(6)12)18-10-9(13)5-15-11(16-10)17-14/h2-5H,14H2,1H3,(H,15,16,17). The highest BCUT2D eigenvalue weighted by atomic mass is 79.9. The minimum absolute atomic E-state index is 0.294. The largest absolute Gasteiger partial charge is 0.438 e. The molecule has 0 saturated heterocycles. The first kappa shape index (κ1) is 13.3. The van der Waals surface area contributed by atoms with Crippen molar-refractivity contribution in [2.45, 2.75) is 6.92 Å². The van der Waals surface area contributed by atoms with E-state index in [4.69, 9.17) is 10.6 Å². The van der Waals surface area contributed by atoms with E-state index in [9.17, 15) is 0 Å². The quantitative estimate of drug-likeness (QED) is 0.637. The maximum atomic E-state index is 5.67. The van der Waals surface area contributed by atoms with Crippen LogP contribution in [0.25, 0.3) is 0 Å². The van der Waals surface area contributed by atoms with Crippen molar-refractivity contribution in [1.29, 1.82) is 0 Å². The predicted octanol–water partition coefficient (Wildman–Crippen LogP) is 3.39. The second-order valence-corrected chi connectivity index (χ2v) is 5.21. The molecule has 0 saturated carbocycles. The number of halogens is 2. The summed E-state index contributed by atoms with van der Waals surface area (Å²) in [5.41, 5.74) is 3.45. The maximum absolute atomic E-state index is 5.67. The molecule has 2 aromatic rings. The summed E-state index contributed by atoms with van der Waals surface area (Å²) in [6.07, 6.45) is 1.57. The number of ether oxygens (including phenoxy) is 1. The molecule has 0 bridgehead atoms. The fourth-order valence-corrected chi connectivity index (χ4v) is 1.80. The number of hydrazine groups is 1. The molecular formula is C11H10Br2N4O. The number of aryl methyl sites for hydroxylation is 1. The van der Waals surface area contributed by atoms with Crippen LogP contribution in [0.4, 0.5) is 5.95 Å². The van der Waals surface area contributed by atoms with Gasteiger partial charge in [0.1, 0.15) is 5.75 Å². The van der Waals surface area contributed by atoms with Gasteiger partial charge < -0.3 is 4.74 Å². The first-order chi connectivity index (χ1) is 8.60. The molecule has 1 aromatic carbocycles. The van der Waals surface area contributed by atoms with Gasteiger partial charge in [-0.25, -0.2) is 10.8 Å². The van der Waals surface area contributed by atoms with Gasteiger partial charge in [0, 0.05) is 4.47 Å². The van der Waals surface area contributed by atoms with E-state index in [1.807, 2.05) is 25.1 Å². The Balaban J connectivity index is 2.30. The van der Waals surface area contributed by atoms with Crippen molar-refractivity contribution < 1.29 is 4.74 Å². The van der Waals surface area contributed by atoms with Crippen LogP contribution in [0.15, 0.2) is 33.3 Å². The lowest BCUT2D eigenvalue weighted by Gasteiger charge is -2.08. The van der Waals surface area contributed by atoms with Gasteiger partial charge in [-0.15, -0.1) is 0 Å². The Morgan fingerprint density at radius 3 is 2.72 bits per heavy atom. The average Bonchev–Trinajstić information content (AvgIpc) is 2.36. The normalized spacial score (nSPS) is 10.2. The highest BCUT2D eigenvalue weighted by Crippen LogP contribution is 2.29. The van der Waals surface area contributed by atoms with Crippen LogP contribution in [0.3, 0.4) is 0 Å². The zero-order valence-electron chi connectivity index (χ0n) is 9.45. The molecule has 18 heavy (non-hydrogen) atoms. The fourth-order valence-electron chi connectivity index (χ4n) is 1.28. The van der Waals surface area contributed by atoms with Gasteiger partial charge in [-0.1, -0.05) is 15.9 Å². The number of hydrogen-bond acceptors (Lipinski definition) is 5. The van der Waals surface area contributed by atoms with Gasteiger partial charge in [0.15, 0.2) is 0 Å². The van der Waals surface area contributed by atoms with E-state index in [-0.39, 0.29) is 0 Å². The number of anilines is 1. The summed E-state index contributed by atoms with van der Waals surface area (Å²) in [6.45, 7) is 1.98. The molecule has 0 radical (unpaired) electrons. The van der Waals surface area contributed by atoms with Crippen molar-refractivity contribution >= 4 is 37.8 Å². The number of nitrogen functional groups attached to an aromatic ring is 1. The molecule has 0 unspecified atom stereocenters. The van der Waals surface area contributed by atoms with Crippen molar-refractivity contribution in [2.75, 3.05) is 5.43 Å². The molecule has 0 aliphatic heterocycles. The Morgan fingerprint density at radius 2 is 2.06 bits per heavy atom. The smallest absolute Gasteiger partial charge is 0.240 e. The van der Waals surface area contributed by atoms with Gasteiger partial charge in [0.25, 0.3) is 0 Å². The van der Waals surface area contributed by atoms with Gasteiger partial charge in [-0.2, -0.15) is 4.98 Å². The first-order valence-electron chi connectivity index (χ1n) is 5.03. The maximum Gasteiger partial charge on any atom is 0.240 e. The topological polar surface area (TPSA) is 73.1 Å². The van der Waals surface area contributed by atoms with E-state index in [1.54, 1.807) is 6.20 Å². The summed E-state index contributed by atoms with van der Waals surface area (Å²) < 4.78 is 7.36. The Morgan fingerprint density at radius 1 is 1.28 bits per heavy atom. The summed E-state index contributed by atoms with van der Waals surface area (Å²) in [4.78, 5) is 8.06. The van der Waals surface area contributed by atoms with Gasteiger partial charge in [-0.05, 0) is 46.6 Å². The number of benzene rings is 1. The lowest BCUT2D eigenvalue weighted by atomic mass is 10.2. The molecule has 0 spiro atoms.